The standard InChI is InChI=1S/C17H15ClS/c1-12-6-8-13(9-7-12)10-16(18)15-11-19-17-5-3-2-4-14(15)17/h2-9,11,16H,10H2,1H3. The smallest absolute Gasteiger partial charge is 0.0639 e. The molecule has 3 aromatic rings. The second kappa shape index (κ2) is 5.36. The molecule has 1 atom stereocenters. The van der Waals surface area contributed by atoms with Crippen molar-refractivity contribution in [3.05, 3.63) is 70.6 Å². The van der Waals surface area contributed by atoms with Gasteiger partial charge in [0, 0.05) is 4.70 Å². The molecule has 0 saturated carbocycles. The fourth-order valence-corrected chi connectivity index (χ4v) is 3.73. The van der Waals surface area contributed by atoms with Crippen LogP contribution in [0.1, 0.15) is 22.1 Å². The molecule has 1 unspecified atom stereocenters. The van der Waals surface area contributed by atoms with Crippen molar-refractivity contribution in [2.45, 2.75) is 18.7 Å². The summed E-state index contributed by atoms with van der Waals surface area (Å²) in [6.07, 6.45) is 0.878. The van der Waals surface area contributed by atoms with Crippen LogP contribution in [0.4, 0.5) is 0 Å². The van der Waals surface area contributed by atoms with Crippen molar-refractivity contribution >= 4 is 33.0 Å². The average molecular weight is 287 g/mol. The SMILES string of the molecule is Cc1ccc(CC(Cl)c2csc3ccccc23)cc1. The van der Waals surface area contributed by atoms with E-state index in [-0.39, 0.29) is 5.38 Å². The summed E-state index contributed by atoms with van der Waals surface area (Å²) in [5.74, 6) is 0. The molecule has 1 heterocycles. The predicted molar refractivity (Wildman–Crippen MR) is 85.3 cm³/mol. The molecule has 0 N–H and O–H groups in total. The largest absolute Gasteiger partial charge is 0.143 e. The van der Waals surface area contributed by atoms with Crippen LogP contribution in [0.25, 0.3) is 10.1 Å². The maximum absolute atomic E-state index is 6.61. The van der Waals surface area contributed by atoms with Crippen molar-refractivity contribution in [2.24, 2.45) is 0 Å². The zero-order valence-corrected chi connectivity index (χ0v) is 12.3. The normalized spacial score (nSPS) is 12.7. The van der Waals surface area contributed by atoms with Gasteiger partial charge in [-0.15, -0.1) is 22.9 Å². The van der Waals surface area contributed by atoms with E-state index in [1.165, 1.54) is 26.8 Å². The Labute approximate surface area is 122 Å². The Hall–Kier alpha value is -1.31. The second-order valence-corrected chi connectivity index (χ2v) is 6.28. The van der Waals surface area contributed by atoms with Gasteiger partial charge in [0.05, 0.1) is 5.38 Å². The van der Waals surface area contributed by atoms with E-state index in [1.54, 1.807) is 11.3 Å². The number of alkyl halides is 1. The Morgan fingerprint density at radius 2 is 1.79 bits per heavy atom. The molecular formula is C17H15ClS. The van der Waals surface area contributed by atoms with Gasteiger partial charge in [-0.25, -0.2) is 0 Å². The van der Waals surface area contributed by atoms with Crippen molar-refractivity contribution in [1.82, 2.24) is 0 Å². The molecular weight excluding hydrogens is 272 g/mol. The molecule has 0 radical (unpaired) electrons. The lowest BCUT2D eigenvalue weighted by atomic mass is 10.0. The second-order valence-electron chi connectivity index (χ2n) is 4.84. The average Bonchev–Trinajstić information content (AvgIpc) is 2.85. The molecule has 1 aromatic heterocycles. The van der Waals surface area contributed by atoms with Gasteiger partial charge in [0.25, 0.3) is 0 Å². The summed E-state index contributed by atoms with van der Waals surface area (Å²) in [6, 6.07) is 17.1. The van der Waals surface area contributed by atoms with E-state index in [9.17, 15) is 0 Å². The van der Waals surface area contributed by atoms with Crippen molar-refractivity contribution in [3.63, 3.8) is 0 Å². The van der Waals surface area contributed by atoms with Gasteiger partial charge >= 0.3 is 0 Å². The Morgan fingerprint density at radius 1 is 1.05 bits per heavy atom. The lowest BCUT2D eigenvalue weighted by molar-refractivity contribution is 0.931. The third-order valence-corrected chi connectivity index (χ3v) is 4.76. The topological polar surface area (TPSA) is 0 Å². The lowest BCUT2D eigenvalue weighted by Gasteiger charge is -2.09. The first-order valence-electron chi connectivity index (χ1n) is 6.40. The van der Waals surface area contributed by atoms with Crippen LogP contribution in [0, 0.1) is 6.92 Å². The molecule has 3 rings (SSSR count). The van der Waals surface area contributed by atoms with Gasteiger partial charge in [0.15, 0.2) is 0 Å². The first kappa shape index (κ1) is 12.7. The van der Waals surface area contributed by atoms with E-state index in [1.807, 2.05) is 0 Å². The molecule has 19 heavy (non-hydrogen) atoms. The van der Waals surface area contributed by atoms with E-state index < -0.39 is 0 Å². The van der Waals surface area contributed by atoms with Crippen LogP contribution in [0.5, 0.6) is 0 Å². The fraction of sp³-hybridized carbons (Fsp3) is 0.176. The minimum atomic E-state index is 0.0406. The van der Waals surface area contributed by atoms with Gasteiger partial charge in [-0.2, -0.15) is 0 Å². The monoisotopic (exact) mass is 286 g/mol. The molecule has 0 nitrogen and oxygen atoms in total. The number of thiophene rings is 1. The maximum Gasteiger partial charge on any atom is 0.0639 e. The highest BCUT2D eigenvalue weighted by molar-refractivity contribution is 7.17. The highest BCUT2D eigenvalue weighted by atomic mass is 35.5. The molecule has 96 valence electrons. The lowest BCUT2D eigenvalue weighted by Crippen LogP contribution is -1.95. The Balaban J connectivity index is 1.87. The zero-order chi connectivity index (χ0) is 13.2. The predicted octanol–water partition coefficient (Wildman–Crippen LogP) is 5.73. The summed E-state index contributed by atoms with van der Waals surface area (Å²) in [4.78, 5) is 0. The number of aryl methyl sites for hydroxylation is 1. The number of halogens is 1. The molecule has 0 aliphatic carbocycles. The molecule has 0 amide bonds. The number of hydrogen-bond donors (Lipinski definition) is 0. The van der Waals surface area contributed by atoms with Crippen LogP contribution < -0.4 is 0 Å². The molecule has 0 aliphatic heterocycles. The third kappa shape index (κ3) is 2.68. The van der Waals surface area contributed by atoms with E-state index in [0.29, 0.717) is 0 Å². The van der Waals surface area contributed by atoms with Crippen LogP contribution in [-0.2, 0) is 6.42 Å². The van der Waals surface area contributed by atoms with Crippen molar-refractivity contribution in [1.29, 1.82) is 0 Å². The molecule has 2 heteroatoms. The number of benzene rings is 2. The van der Waals surface area contributed by atoms with Gasteiger partial charge in [-0.05, 0) is 41.3 Å². The van der Waals surface area contributed by atoms with Crippen molar-refractivity contribution in [2.75, 3.05) is 0 Å². The summed E-state index contributed by atoms with van der Waals surface area (Å²) in [7, 11) is 0. The van der Waals surface area contributed by atoms with Gasteiger partial charge in [0.1, 0.15) is 0 Å². The first-order chi connectivity index (χ1) is 9.24. The summed E-state index contributed by atoms with van der Waals surface area (Å²) in [6.45, 7) is 2.11. The summed E-state index contributed by atoms with van der Waals surface area (Å²) >= 11 is 8.38. The molecule has 0 spiro atoms. The van der Waals surface area contributed by atoms with Crippen LogP contribution >= 0.6 is 22.9 Å². The van der Waals surface area contributed by atoms with Crippen molar-refractivity contribution in [3.8, 4) is 0 Å². The summed E-state index contributed by atoms with van der Waals surface area (Å²) < 4.78 is 1.31. The highest BCUT2D eigenvalue weighted by Gasteiger charge is 2.13. The number of hydrogen-bond acceptors (Lipinski definition) is 1. The minimum absolute atomic E-state index is 0.0406. The van der Waals surface area contributed by atoms with E-state index >= 15 is 0 Å². The van der Waals surface area contributed by atoms with Crippen LogP contribution in [0.3, 0.4) is 0 Å². The van der Waals surface area contributed by atoms with Crippen molar-refractivity contribution < 1.29 is 0 Å². The molecule has 0 saturated heterocycles. The van der Waals surface area contributed by atoms with Gasteiger partial charge in [-0.3, -0.25) is 0 Å². The quantitative estimate of drug-likeness (QED) is 0.539. The van der Waals surface area contributed by atoms with E-state index in [2.05, 4.69) is 60.8 Å². The third-order valence-electron chi connectivity index (χ3n) is 3.38. The van der Waals surface area contributed by atoms with Crippen LogP contribution in [0.15, 0.2) is 53.9 Å². The Bertz CT molecular complexity index is 682. The molecule has 0 bridgehead atoms. The summed E-state index contributed by atoms with van der Waals surface area (Å²) in [5, 5.41) is 3.52. The van der Waals surface area contributed by atoms with Gasteiger partial charge in [-0.1, -0.05) is 48.0 Å². The zero-order valence-electron chi connectivity index (χ0n) is 10.8. The molecule has 0 aliphatic rings. The first-order valence-corrected chi connectivity index (χ1v) is 7.71. The molecule has 0 fully saturated rings. The molecule has 2 aromatic carbocycles. The number of rotatable bonds is 3. The summed E-state index contributed by atoms with van der Waals surface area (Å²) in [5.41, 5.74) is 3.83. The minimum Gasteiger partial charge on any atom is -0.143 e. The maximum atomic E-state index is 6.61. The fourth-order valence-electron chi connectivity index (χ4n) is 2.28. The Morgan fingerprint density at radius 3 is 2.58 bits per heavy atom. The highest BCUT2D eigenvalue weighted by Crippen LogP contribution is 2.35. The van der Waals surface area contributed by atoms with Crippen LogP contribution in [0.2, 0.25) is 0 Å². The van der Waals surface area contributed by atoms with Gasteiger partial charge in [0.2, 0.25) is 0 Å². The van der Waals surface area contributed by atoms with Gasteiger partial charge < -0.3 is 0 Å². The van der Waals surface area contributed by atoms with Crippen LogP contribution in [-0.4, -0.2) is 0 Å². The van der Waals surface area contributed by atoms with E-state index in [4.69, 9.17) is 11.6 Å². The number of fused-ring (bicyclic) bond motifs is 1. The van der Waals surface area contributed by atoms with E-state index in [0.717, 1.165) is 6.42 Å². The Kier molecular flexibility index (Phi) is 3.58.